The van der Waals surface area contributed by atoms with Gasteiger partial charge in [0.1, 0.15) is 0 Å². The monoisotopic (exact) mass is 526 g/mol. The minimum atomic E-state index is -3.08. The van der Waals surface area contributed by atoms with Crippen molar-refractivity contribution in [1.29, 1.82) is 0 Å². The van der Waals surface area contributed by atoms with E-state index in [0.717, 1.165) is 34.4 Å². The maximum Gasteiger partial charge on any atom is 0.247 e. The summed E-state index contributed by atoms with van der Waals surface area (Å²) in [5.41, 5.74) is 5.83. The molecule has 0 fully saturated rings. The summed E-state index contributed by atoms with van der Waals surface area (Å²) >= 11 is 6.24. The Morgan fingerprint density at radius 2 is 1.47 bits per heavy atom. The van der Waals surface area contributed by atoms with Crippen LogP contribution in [0.2, 0.25) is 5.02 Å². The summed E-state index contributed by atoms with van der Waals surface area (Å²) in [6.45, 7) is 8.84. The Morgan fingerprint density at radius 1 is 0.889 bits per heavy atom. The lowest BCUT2D eigenvalue weighted by Crippen LogP contribution is -2.25. The lowest BCUT2D eigenvalue weighted by Gasteiger charge is -2.25. The van der Waals surface area contributed by atoms with Crippen molar-refractivity contribution in [3.8, 4) is 11.1 Å². The number of anilines is 1. The fourth-order valence-electron chi connectivity index (χ4n) is 4.41. The standard InChI is InChI=1S/C29H35ClN2O3S/c1-18(2)25-15-22(21-8-7-9-23(30)14-21)16-26(19(3)4)27(25)28(36(34)35)29(33)31-24-12-10-20(11-13-24)17-32(5)6/h7-16,18-19,28,36H,17H2,1-6H3,(H,31,33). The van der Waals surface area contributed by atoms with Gasteiger partial charge in [-0.1, -0.05) is 75.7 Å². The molecule has 0 spiro atoms. The SMILES string of the molecule is CC(C)c1cc(-c2cccc(Cl)c2)cc(C(C)C)c1C(C(=O)Nc1ccc(CN(C)C)cc1)[SH](=O)=O. The van der Waals surface area contributed by atoms with E-state index in [9.17, 15) is 13.2 Å². The van der Waals surface area contributed by atoms with E-state index >= 15 is 0 Å². The van der Waals surface area contributed by atoms with Crippen molar-refractivity contribution in [3.05, 3.63) is 87.9 Å². The summed E-state index contributed by atoms with van der Waals surface area (Å²) in [6.07, 6.45) is 0. The Hall–Kier alpha value is -2.67. The molecule has 0 aliphatic heterocycles. The normalized spacial score (nSPS) is 12.5. The molecule has 0 saturated carbocycles. The number of nitrogens with one attached hydrogen (secondary N) is 1. The van der Waals surface area contributed by atoms with Crippen LogP contribution in [0, 0.1) is 0 Å². The number of rotatable bonds is 9. The van der Waals surface area contributed by atoms with Crippen LogP contribution in [0.15, 0.2) is 60.7 Å². The van der Waals surface area contributed by atoms with Gasteiger partial charge in [-0.25, -0.2) is 8.42 Å². The topological polar surface area (TPSA) is 66.5 Å². The number of thiol groups is 1. The van der Waals surface area contributed by atoms with Gasteiger partial charge in [0.15, 0.2) is 16.0 Å². The average molecular weight is 527 g/mol. The smallest absolute Gasteiger partial charge is 0.247 e. The summed E-state index contributed by atoms with van der Waals surface area (Å²) in [5.74, 6) is -0.537. The molecule has 3 aromatic carbocycles. The minimum Gasteiger partial charge on any atom is -0.325 e. The third-order valence-electron chi connectivity index (χ3n) is 6.10. The summed E-state index contributed by atoms with van der Waals surface area (Å²) in [4.78, 5) is 15.5. The van der Waals surface area contributed by atoms with Crippen LogP contribution in [0.3, 0.4) is 0 Å². The highest BCUT2D eigenvalue weighted by Gasteiger charge is 2.31. The maximum absolute atomic E-state index is 13.4. The average Bonchev–Trinajstić information content (AvgIpc) is 2.79. The molecule has 0 aliphatic rings. The number of carbonyl (C=O) groups excluding carboxylic acids is 1. The van der Waals surface area contributed by atoms with Crippen molar-refractivity contribution >= 4 is 33.9 Å². The molecular formula is C29H35ClN2O3S. The Labute approximate surface area is 221 Å². The molecule has 0 radical (unpaired) electrons. The molecule has 192 valence electrons. The highest BCUT2D eigenvalue weighted by atomic mass is 35.5. The van der Waals surface area contributed by atoms with Crippen LogP contribution >= 0.6 is 11.6 Å². The van der Waals surface area contributed by atoms with Crippen LogP contribution in [-0.4, -0.2) is 33.3 Å². The Balaban J connectivity index is 2.08. The van der Waals surface area contributed by atoms with Gasteiger partial charge in [0.2, 0.25) is 5.91 Å². The predicted octanol–water partition coefficient (Wildman–Crippen LogP) is 6.61. The van der Waals surface area contributed by atoms with Crippen LogP contribution in [0.5, 0.6) is 0 Å². The number of carbonyl (C=O) groups is 1. The molecule has 3 aromatic rings. The molecule has 1 N–H and O–H groups in total. The number of amides is 1. The largest absolute Gasteiger partial charge is 0.325 e. The first kappa shape index (κ1) is 27.9. The van der Waals surface area contributed by atoms with Crippen molar-refractivity contribution in [2.75, 3.05) is 19.4 Å². The second kappa shape index (κ2) is 12.0. The zero-order chi connectivity index (χ0) is 26.6. The molecule has 1 atom stereocenters. The minimum absolute atomic E-state index is 0.00667. The fourth-order valence-corrected chi connectivity index (χ4v) is 5.36. The van der Waals surface area contributed by atoms with E-state index in [1.165, 1.54) is 0 Å². The highest BCUT2D eigenvalue weighted by molar-refractivity contribution is 7.73. The molecule has 36 heavy (non-hydrogen) atoms. The van der Waals surface area contributed by atoms with Crippen LogP contribution in [0.25, 0.3) is 11.1 Å². The quantitative estimate of drug-likeness (QED) is 0.308. The number of hydrogen-bond acceptors (Lipinski definition) is 4. The van der Waals surface area contributed by atoms with E-state index in [2.05, 4.69) is 10.2 Å². The molecule has 3 rings (SSSR count). The second-order valence-corrected chi connectivity index (χ2v) is 11.5. The maximum atomic E-state index is 13.4. The first-order chi connectivity index (χ1) is 17.0. The number of hydrogen-bond donors (Lipinski definition) is 2. The van der Waals surface area contributed by atoms with E-state index < -0.39 is 21.9 Å². The zero-order valence-electron chi connectivity index (χ0n) is 21.7. The van der Waals surface area contributed by atoms with Crippen molar-refractivity contribution in [2.45, 2.75) is 51.3 Å². The van der Waals surface area contributed by atoms with Crippen molar-refractivity contribution in [1.82, 2.24) is 4.90 Å². The molecule has 0 aliphatic carbocycles. The first-order valence-corrected chi connectivity index (χ1v) is 13.7. The molecule has 0 saturated heterocycles. The van der Waals surface area contributed by atoms with E-state index in [1.54, 1.807) is 12.1 Å². The van der Waals surface area contributed by atoms with Gasteiger partial charge in [0, 0.05) is 17.3 Å². The molecule has 0 heterocycles. The van der Waals surface area contributed by atoms with Gasteiger partial charge < -0.3 is 10.2 Å². The van der Waals surface area contributed by atoms with E-state index in [1.807, 2.05) is 90.3 Å². The molecule has 1 amide bonds. The molecule has 0 aromatic heterocycles. The Kier molecular flexibility index (Phi) is 9.34. The van der Waals surface area contributed by atoms with Gasteiger partial charge in [-0.2, -0.15) is 0 Å². The lowest BCUT2D eigenvalue weighted by molar-refractivity contribution is -0.115. The van der Waals surface area contributed by atoms with Crippen LogP contribution in [-0.2, 0) is 22.0 Å². The van der Waals surface area contributed by atoms with Crippen molar-refractivity contribution < 1.29 is 13.2 Å². The Morgan fingerprint density at radius 3 is 1.94 bits per heavy atom. The van der Waals surface area contributed by atoms with Crippen LogP contribution in [0.1, 0.15) is 67.0 Å². The van der Waals surface area contributed by atoms with Gasteiger partial charge in [-0.05, 0) is 83.6 Å². The molecular weight excluding hydrogens is 492 g/mol. The lowest BCUT2D eigenvalue weighted by atomic mass is 9.83. The summed E-state index contributed by atoms with van der Waals surface area (Å²) < 4.78 is 25.2. The van der Waals surface area contributed by atoms with E-state index in [-0.39, 0.29) is 11.8 Å². The van der Waals surface area contributed by atoms with Gasteiger partial charge in [0.05, 0.1) is 0 Å². The van der Waals surface area contributed by atoms with E-state index in [0.29, 0.717) is 16.3 Å². The summed E-state index contributed by atoms with van der Waals surface area (Å²) in [7, 11) is 0.890. The zero-order valence-corrected chi connectivity index (χ0v) is 23.4. The number of nitrogens with zero attached hydrogens (tertiary/aromatic N) is 1. The third kappa shape index (κ3) is 6.75. The van der Waals surface area contributed by atoms with E-state index in [4.69, 9.17) is 11.6 Å². The van der Waals surface area contributed by atoms with Gasteiger partial charge in [-0.15, -0.1) is 0 Å². The van der Waals surface area contributed by atoms with Gasteiger partial charge >= 0.3 is 0 Å². The fraction of sp³-hybridized carbons (Fsp3) is 0.345. The van der Waals surface area contributed by atoms with Crippen LogP contribution < -0.4 is 5.32 Å². The molecule has 0 bridgehead atoms. The molecule has 1 unspecified atom stereocenters. The first-order valence-electron chi connectivity index (χ1n) is 12.1. The van der Waals surface area contributed by atoms with Crippen molar-refractivity contribution in [3.63, 3.8) is 0 Å². The second-order valence-electron chi connectivity index (χ2n) is 10.00. The molecule has 5 nitrogen and oxygen atoms in total. The summed E-state index contributed by atoms with van der Waals surface area (Å²) in [5, 5.41) is 2.16. The Bertz CT molecular complexity index is 1260. The molecule has 7 heteroatoms. The van der Waals surface area contributed by atoms with Gasteiger partial charge in [0.25, 0.3) is 0 Å². The van der Waals surface area contributed by atoms with Gasteiger partial charge in [-0.3, -0.25) is 4.79 Å². The third-order valence-corrected chi connectivity index (χ3v) is 7.25. The number of benzene rings is 3. The predicted molar refractivity (Wildman–Crippen MR) is 151 cm³/mol. The van der Waals surface area contributed by atoms with Crippen LogP contribution in [0.4, 0.5) is 5.69 Å². The van der Waals surface area contributed by atoms with Crippen molar-refractivity contribution in [2.24, 2.45) is 0 Å². The number of halogens is 1. The summed E-state index contributed by atoms with van der Waals surface area (Å²) in [6, 6.07) is 19.0. The highest BCUT2D eigenvalue weighted by Crippen LogP contribution is 2.39.